The first-order valence-electron chi connectivity index (χ1n) is 8.61. The Morgan fingerprint density at radius 1 is 1.15 bits per heavy atom. The molecule has 2 heterocycles. The number of rotatable bonds is 5. The molecule has 0 atom stereocenters. The highest BCUT2D eigenvalue weighted by atomic mass is 16.7. The fourth-order valence-electron chi connectivity index (χ4n) is 2.96. The normalized spacial score (nSPS) is 12.2. The van der Waals surface area contributed by atoms with Crippen LogP contribution >= 0.6 is 0 Å². The Morgan fingerprint density at radius 2 is 1.93 bits per heavy atom. The number of nitrogen functional groups attached to an aromatic ring is 1. The summed E-state index contributed by atoms with van der Waals surface area (Å²) < 4.78 is 16.1. The number of ether oxygens (including phenoxy) is 2. The fourth-order valence-corrected chi connectivity index (χ4v) is 2.96. The summed E-state index contributed by atoms with van der Waals surface area (Å²) in [4.78, 5) is 12.7. The van der Waals surface area contributed by atoms with Crippen molar-refractivity contribution >= 4 is 11.6 Å². The van der Waals surface area contributed by atoms with E-state index in [1.165, 1.54) is 0 Å². The number of nitrogens with one attached hydrogen (secondary N) is 1. The van der Waals surface area contributed by atoms with E-state index in [1.807, 2.05) is 30.3 Å². The van der Waals surface area contributed by atoms with Crippen molar-refractivity contribution in [2.24, 2.45) is 0 Å². The highest BCUT2D eigenvalue weighted by Gasteiger charge is 2.23. The molecule has 1 amide bonds. The number of carbonyl (C=O) groups excluding carboxylic acids is 1. The molecule has 7 nitrogen and oxygen atoms in total. The van der Waals surface area contributed by atoms with Crippen LogP contribution in [0.15, 0.2) is 47.0 Å². The number of benzene rings is 2. The molecule has 0 fully saturated rings. The molecular formula is C20H19N3O4. The van der Waals surface area contributed by atoms with E-state index in [-0.39, 0.29) is 12.7 Å². The van der Waals surface area contributed by atoms with Crippen molar-refractivity contribution in [3.05, 3.63) is 59.3 Å². The second-order valence-corrected chi connectivity index (χ2v) is 6.29. The van der Waals surface area contributed by atoms with Gasteiger partial charge in [0, 0.05) is 17.8 Å². The molecule has 0 radical (unpaired) electrons. The molecule has 0 saturated carbocycles. The zero-order valence-electron chi connectivity index (χ0n) is 14.8. The van der Waals surface area contributed by atoms with Crippen molar-refractivity contribution in [2.75, 3.05) is 19.1 Å². The van der Waals surface area contributed by atoms with Crippen molar-refractivity contribution in [3.63, 3.8) is 0 Å². The second kappa shape index (κ2) is 7.03. The van der Waals surface area contributed by atoms with E-state index < -0.39 is 0 Å². The second-order valence-electron chi connectivity index (χ2n) is 6.29. The van der Waals surface area contributed by atoms with Gasteiger partial charge in [0.15, 0.2) is 17.3 Å². The van der Waals surface area contributed by atoms with Gasteiger partial charge in [-0.15, -0.1) is 0 Å². The molecule has 1 aromatic heterocycles. The molecule has 0 saturated heterocycles. The molecule has 27 heavy (non-hydrogen) atoms. The lowest BCUT2D eigenvalue weighted by Crippen LogP contribution is -2.26. The minimum absolute atomic E-state index is 0.187. The molecule has 0 spiro atoms. The predicted molar refractivity (Wildman–Crippen MR) is 99.7 cm³/mol. The number of nitrogens with zero attached hydrogens (tertiary/aromatic N) is 1. The fraction of sp³-hybridized carbons (Fsp3) is 0.200. The highest BCUT2D eigenvalue weighted by Crippen LogP contribution is 2.37. The third-order valence-electron chi connectivity index (χ3n) is 4.40. The standard InChI is InChI=1S/C20H19N3O4/c1-12-18(20(24)22-9-8-13-2-5-15(21)6-3-13)19(27-23-12)14-4-7-16-17(10-14)26-11-25-16/h2-7,10H,8-9,11,21H2,1H3,(H,22,24). The summed E-state index contributed by atoms with van der Waals surface area (Å²) in [5, 5.41) is 6.89. The van der Waals surface area contributed by atoms with E-state index in [4.69, 9.17) is 19.7 Å². The van der Waals surface area contributed by atoms with Crippen molar-refractivity contribution in [3.8, 4) is 22.8 Å². The van der Waals surface area contributed by atoms with E-state index in [9.17, 15) is 4.79 Å². The number of carbonyl (C=O) groups is 1. The lowest BCUT2D eigenvalue weighted by molar-refractivity contribution is 0.0954. The molecule has 138 valence electrons. The summed E-state index contributed by atoms with van der Waals surface area (Å²) in [7, 11) is 0. The summed E-state index contributed by atoms with van der Waals surface area (Å²) >= 11 is 0. The van der Waals surface area contributed by atoms with Gasteiger partial charge in [-0.05, 0) is 49.2 Å². The Balaban J connectivity index is 1.49. The summed E-state index contributed by atoms with van der Waals surface area (Å²) in [6.45, 7) is 2.43. The van der Waals surface area contributed by atoms with E-state index in [0.717, 1.165) is 11.3 Å². The van der Waals surface area contributed by atoms with Gasteiger partial charge in [0.05, 0.1) is 5.69 Å². The number of nitrogens with two attached hydrogens (primary N) is 1. The first-order chi connectivity index (χ1) is 13.1. The van der Waals surface area contributed by atoms with Crippen LogP contribution in [0.1, 0.15) is 21.6 Å². The first kappa shape index (κ1) is 17.0. The van der Waals surface area contributed by atoms with E-state index in [1.54, 1.807) is 19.1 Å². The molecule has 4 rings (SSSR count). The number of fused-ring (bicyclic) bond motifs is 1. The van der Waals surface area contributed by atoms with E-state index >= 15 is 0 Å². The van der Waals surface area contributed by atoms with Crippen LogP contribution in [0.25, 0.3) is 11.3 Å². The first-order valence-corrected chi connectivity index (χ1v) is 8.61. The van der Waals surface area contributed by atoms with Crippen LogP contribution in [0.5, 0.6) is 11.5 Å². The Kier molecular flexibility index (Phi) is 4.42. The van der Waals surface area contributed by atoms with Gasteiger partial charge in [-0.25, -0.2) is 0 Å². The van der Waals surface area contributed by atoms with Crippen LogP contribution in [0.3, 0.4) is 0 Å². The zero-order valence-corrected chi connectivity index (χ0v) is 14.8. The van der Waals surface area contributed by atoms with Gasteiger partial charge in [0.25, 0.3) is 5.91 Å². The van der Waals surface area contributed by atoms with Gasteiger partial charge in [-0.1, -0.05) is 17.3 Å². The maximum absolute atomic E-state index is 12.7. The average molecular weight is 365 g/mol. The monoisotopic (exact) mass is 365 g/mol. The number of hydrogen-bond donors (Lipinski definition) is 2. The molecule has 1 aliphatic rings. The molecule has 3 aromatic rings. The van der Waals surface area contributed by atoms with Crippen molar-refractivity contribution in [1.29, 1.82) is 0 Å². The van der Waals surface area contributed by atoms with Crippen molar-refractivity contribution in [1.82, 2.24) is 10.5 Å². The van der Waals surface area contributed by atoms with Gasteiger partial charge in [0.1, 0.15) is 5.56 Å². The summed E-state index contributed by atoms with van der Waals surface area (Å²) in [5.74, 6) is 1.48. The maximum Gasteiger partial charge on any atom is 0.257 e. The summed E-state index contributed by atoms with van der Waals surface area (Å²) in [5.41, 5.74) is 9.17. The van der Waals surface area contributed by atoms with Crippen molar-refractivity contribution < 1.29 is 18.8 Å². The van der Waals surface area contributed by atoms with Gasteiger partial charge in [-0.2, -0.15) is 0 Å². The molecule has 3 N–H and O–H groups in total. The topological polar surface area (TPSA) is 99.6 Å². The largest absolute Gasteiger partial charge is 0.454 e. The number of amides is 1. The minimum Gasteiger partial charge on any atom is -0.454 e. The van der Waals surface area contributed by atoms with E-state index in [0.29, 0.717) is 47.0 Å². The van der Waals surface area contributed by atoms with Crippen LogP contribution in [0.4, 0.5) is 5.69 Å². The Labute approximate surface area is 156 Å². The predicted octanol–water partition coefficient (Wildman–Crippen LogP) is 2.93. The van der Waals surface area contributed by atoms with Crippen LogP contribution in [0.2, 0.25) is 0 Å². The molecule has 0 bridgehead atoms. The lowest BCUT2D eigenvalue weighted by atomic mass is 10.1. The Hall–Kier alpha value is -3.48. The highest BCUT2D eigenvalue weighted by molar-refractivity contribution is 6.00. The number of hydrogen-bond acceptors (Lipinski definition) is 6. The molecule has 0 aliphatic carbocycles. The lowest BCUT2D eigenvalue weighted by Gasteiger charge is -2.07. The maximum atomic E-state index is 12.7. The Bertz CT molecular complexity index is 979. The number of aryl methyl sites for hydroxylation is 1. The minimum atomic E-state index is -0.225. The smallest absolute Gasteiger partial charge is 0.257 e. The average Bonchev–Trinajstić information content (AvgIpc) is 3.29. The quantitative estimate of drug-likeness (QED) is 0.675. The molecule has 0 unspecified atom stereocenters. The summed E-state index contributed by atoms with van der Waals surface area (Å²) in [6, 6.07) is 13.0. The van der Waals surface area contributed by atoms with Crippen LogP contribution in [-0.2, 0) is 6.42 Å². The van der Waals surface area contributed by atoms with Gasteiger partial charge in [0.2, 0.25) is 6.79 Å². The van der Waals surface area contributed by atoms with Crippen LogP contribution in [-0.4, -0.2) is 24.4 Å². The summed E-state index contributed by atoms with van der Waals surface area (Å²) in [6.07, 6.45) is 0.704. The molecule has 1 aliphatic heterocycles. The third-order valence-corrected chi connectivity index (χ3v) is 4.40. The SMILES string of the molecule is Cc1noc(-c2ccc3c(c2)OCO3)c1C(=O)NCCc1ccc(N)cc1. The Morgan fingerprint density at radius 3 is 2.74 bits per heavy atom. The zero-order chi connectivity index (χ0) is 18.8. The van der Waals surface area contributed by atoms with Gasteiger partial charge in [-0.3, -0.25) is 4.79 Å². The van der Waals surface area contributed by atoms with Gasteiger partial charge < -0.3 is 25.0 Å². The van der Waals surface area contributed by atoms with Crippen LogP contribution in [0, 0.1) is 6.92 Å². The van der Waals surface area contributed by atoms with Gasteiger partial charge >= 0.3 is 0 Å². The van der Waals surface area contributed by atoms with Crippen molar-refractivity contribution in [2.45, 2.75) is 13.3 Å². The molecule has 2 aromatic carbocycles. The third kappa shape index (κ3) is 3.44. The van der Waals surface area contributed by atoms with Crippen LogP contribution < -0.4 is 20.5 Å². The number of aromatic nitrogens is 1. The molecular weight excluding hydrogens is 346 g/mol. The molecule has 7 heteroatoms. The number of anilines is 1. The van der Waals surface area contributed by atoms with E-state index in [2.05, 4.69) is 10.5 Å².